The van der Waals surface area contributed by atoms with Crippen LogP contribution in [0.4, 0.5) is 0 Å². The van der Waals surface area contributed by atoms with E-state index in [1.165, 1.54) is 23.1 Å². The first-order chi connectivity index (χ1) is 8.36. The molecule has 2 N–H and O–H groups in total. The van der Waals surface area contributed by atoms with Crippen molar-refractivity contribution in [3.05, 3.63) is 29.3 Å². The fourth-order valence-corrected chi connectivity index (χ4v) is 2.87. The van der Waals surface area contributed by atoms with Crippen molar-refractivity contribution in [1.29, 1.82) is 0 Å². The Labute approximate surface area is 113 Å². The number of benzene rings is 1. The number of rotatable bonds is 5. The van der Waals surface area contributed by atoms with Gasteiger partial charge in [-0.05, 0) is 38.8 Å². The summed E-state index contributed by atoms with van der Waals surface area (Å²) in [4.78, 5) is 12.7. The smallest absolute Gasteiger partial charge is 0.325 e. The summed E-state index contributed by atoms with van der Waals surface area (Å²) < 4.78 is 4.68. The molecule has 1 rings (SSSR count). The van der Waals surface area contributed by atoms with Gasteiger partial charge in [-0.2, -0.15) is 0 Å². The van der Waals surface area contributed by atoms with Crippen LogP contribution in [0.2, 0.25) is 0 Å². The highest BCUT2D eigenvalue weighted by atomic mass is 32.2. The molecule has 0 fully saturated rings. The average molecular weight is 267 g/mol. The summed E-state index contributed by atoms with van der Waals surface area (Å²) in [5, 5.41) is 0. The molecule has 0 amide bonds. The number of nitrogens with two attached hydrogens (primary N) is 1. The fourth-order valence-electron chi connectivity index (χ4n) is 1.67. The van der Waals surface area contributed by atoms with E-state index in [1.54, 1.807) is 18.7 Å². The number of hydrogen-bond acceptors (Lipinski definition) is 4. The summed E-state index contributed by atoms with van der Waals surface area (Å²) in [5.74, 6) is 0.440. The Hall–Kier alpha value is -1.00. The third-order valence-corrected chi connectivity index (χ3v) is 4.04. The molecule has 100 valence electrons. The molecule has 0 aliphatic rings. The van der Waals surface area contributed by atoms with E-state index >= 15 is 0 Å². The van der Waals surface area contributed by atoms with E-state index in [1.807, 2.05) is 0 Å². The van der Waals surface area contributed by atoms with Crippen molar-refractivity contribution in [3.8, 4) is 0 Å². The summed E-state index contributed by atoms with van der Waals surface area (Å²) in [6, 6.07) is 6.36. The molecule has 1 atom stereocenters. The van der Waals surface area contributed by atoms with E-state index in [0.29, 0.717) is 6.42 Å². The first-order valence-electron chi connectivity index (χ1n) is 5.94. The molecule has 0 spiro atoms. The Balaban J connectivity index is 2.54. The van der Waals surface area contributed by atoms with Crippen LogP contribution < -0.4 is 5.73 Å². The number of aryl methyl sites for hydroxylation is 2. The molecule has 1 aromatic rings. The van der Waals surface area contributed by atoms with E-state index in [0.717, 1.165) is 5.75 Å². The molecule has 1 aromatic carbocycles. The molecule has 3 nitrogen and oxygen atoms in total. The van der Waals surface area contributed by atoms with E-state index < -0.39 is 5.54 Å². The molecule has 0 radical (unpaired) electrons. The van der Waals surface area contributed by atoms with Gasteiger partial charge in [-0.15, -0.1) is 11.8 Å². The first kappa shape index (κ1) is 15.1. The summed E-state index contributed by atoms with van der Waals surface area (Å²) in [7, 11) is 1.37. The number of hydrogen-bond donors (Lipinski definition) is 1. The van der Waals surface area contributed by atoms with E-state index in [2.05, 4.69) is 36.8 Å². The van der Waals surface area contributed by atoms with Crippen molar-refractivity contribution in [3.63, 3.8) is 0 Å². The molecule has 18 heavy (non-hydrogen) atoms. The van der Waals surface area contributed by atoms with Gasteiger partial charge in [0.1, 0.15) is 5.54 Å². The molecular weight excluding hydrogens is 246 g/mol. The SMILES string of the molecule is COC(=O)C(C)(N)CCSc1ccc(C)cc1C. The third-order valence-electron chi connectivity index (χ3n) is 2.86. The van der Waals surface area contributed by atoms with Crippen molar-refractivity contribution < 1.29 is 9.53 Å². The topological polar surface area (TPSA) is 52.3 Å². The lowest BCUT2D eigenvalue weighted by Gasteiger charge is -2.21. The lowest BCUT2D eigenvalue weighted by atomic mass is 10.0. The van der Waals surface area contributed by atoms with Gasteiger partial charge in [0.15, 0.2) is 0 Å². The second-order valence-corrected chi connectivity index (χ2v) is 5.91. The molecule has 0 aliphatic heterocycles. The van der Waals surface area contributed by atoms with Crippen molar-refractivity contribution in [2.24, 2.45) is 5.73 Å². The highest BCUT2D eigenvalue weighted by molar-refractivity contribution is 7.99. The summed E-state index contributed by atoms with van der Waals surface area (Å²) in [6.45, 7) is 5.88. The highest BCUT2D eigenvalue weighted by Crippen LogP contribution is 2.25. The Morgan fingerprint density at radius 2 is 2.11 bits per heavy atom. The standard InChI is InChI=1S/C14H21NO2S/c1-10-5-6-12(11(2)9-10)18-8-7-14(3,15)13(16)17-4/h5-6,9H,7-8,15H2,1-4H3. The van der Waals surface area contributed by atoms with Crippen molar-refractivity contribution >= 4 is 17.7 Å². The Morgan fingerprint density at radius 1 is 1.44 bits per heavy atom. The van der Waals surface area contributed by atoms with Crippen molar-refractivity contribution in [2.45, 2.75) is 37.6 Å². The van der Waals surface area contributed by atoms with Crippen molar-refractivity contribution in [1.82, 2.24) is 0 Å². The quantitative estimate of drug-likeness (QED) is 0.658. The van der Waals surface area contributed by atoms with Gasteiger partial charge >= 0.3 is 5.97 Å². The molecule has 0 bridgehead atoms. The second-order valence-electron chi connectivity index (χ2n) is 4.78. The first-order valence-corrected chi connectivity index (χ1v) is 6.93. The lowest BCUT2D eigenvalue weighted by Crippen LogP contribution is -2.46. The van der Waals surface area contributed by atoms with Gasteiger partial charge in [-0.1, -0.05) is 17.7 Å². The van der Waals surface area contributed by atoms with Crippen LogP contribution in [0.3, 0.4) is 0 Å². The molecule has 0 saturated heterocycles. The number of esters is 1. The maximum absolute atomic E-state index is 11.4. The third kappa shape index (κ3) is 4.03. The van der Waals surface area contributed by atoms with Crippen molar-refractivity contribution in [2.75, 3.05) is 12.9 Å². The molecule has 4 heteroatoms. The number of carbonyl (C=O) groups is 1. The molecular formula is C14H21NO2S. The lowest BCUT2D eigenvalue weighted by molar-refractivity contribution is -0.146. The van der Waals surface area contributed by atoms with Crippen LogP contribution in [0.25, 0.3) is 0 Å². The minimum Gasteiger partial charge on any atom is -0.468 e. The van der Waals surface area contributed by atoms with Gasteiger partial charge in [0.05, 0.1) is 7.11 Å². The predicted molar refractivity (Wildman–Crippen MR) is 75.9 cm³/mol. The maximum Gasteiger partial charge on any atom is 0.325 e. The van der Waals surface area contributed by atoms with Crippen LogP contribution in [0.5, 0.6) is 0 Å². The Kier molecular flexibility index (Phi) is 5.23. The van der Waals surface area contributed by atoms with Crippen LogP contribution >= 0.6 is 11.8 Å². The van der Waals surface area contributed by atoms with Crippen LogP contribution in [-0.4, -0.2) is 24.4 Å². The largest absolute Gasteiger partial charge is 0.468 e. The van der Waals surface area contributed by atoms with Gasteiger partial charge in [0.2, 0.25) is 0 Å². The average Bonchev–Trinajstić information content (AvgIpc) is 2.30. The normalized spacial score (nSPS) is 14.1. The van der Waals surface area contributed by atoms with Gasteiger partial charge in [-0.3, -0.25) is 4.79 Å². The van der Waals surface area contributed by atoms with E-state index in [4.69, 9.17) is 5.73 Å². The molecule has 0 saturated carbocycles. The number of ether oxygens (including phenoxy) is 1. The number of carbonyl (C=O) groups excluding carboxylic acids is 1. The predicted octanol–water partition coefficient (Wildman–Crippen LogP) is 2.68. The van der Waals surface area contributed by atoms with Gasteiger partial charge < -0.3 is 10.5 Å². The highest BCUT2D eigenvalue weighted by Gasteiger charge is 2.28. The molecule has 0 aromatic heterocycles. The summed E-state index contributed by atoms with van der Waals surface area (Å²) in [6.07, 6.45) is 0.595. The summed E-state index contributed by atoms with van der Waals surface area (Å²) >= 11 is 1.72. The van der Waals surface area contributed by atoms with Gasteiger partial charge in [0, 0.05) is 10.6 Å². The van der Waals surface area contributed by atoms with Crippen LogP contribution in [-0.2, 0) is 9.53 Å². The Morgan fingerprint density at radius 3 is 2.67 bits per heavy atom. The molecule has 0 aliphatic carbocycles. The van der Waals surface area contributed by atoms with Gasteiger partial charge in [-0.25, -0.2) is 0 Å². The fraction of sp³-hybridized carbons (Fsp3) is 0.500. The zero-order valence-corrected chi connectivity index (χ0v) is 12.3. The zero-order chi connectivity index (χ0) is 13.8. The molecule has 1 unspecified atom stereocenters. The minimum atomic E-state index is -0.902. The van der Waals surface area contributed by atoms with Crippen LogP contribution in [0, 0.1) is 13.8 Å². The van der Waals surface area contributed by atoms with Crippen LogP contribution in [0.1, 0.15) is 24.5 Å². The zero-order valence-electron chi connectivity index (χ0n) is 11.4. The Bertz CT molecular complexity index is 430. The molecule has 0 heterocycles. The van der Waals surface area contributed by atoms with E-state index in [-0.39, 0.29) is 5.97 Å². The van der Waals surface area contributed by atoms with Crippen LogP contribution in [0.15, 0.2) is 23.1 Å². The second kappa shape index (κ2) is 6.25. The number of methoxy groups -OCH3 is 1. The summed E-state index contributed by atoms with van der Waals surface area (Å²) in [5.41, 5.74) is 7.53. The minimum absolute atomic E-state index is 0.358. The monoisotopic (exact) mass is 267 g/mol. The maximum atomic E-state index is 11.4. The number of thioether (sulfide) groups is 1. The van der Waals surface area contributed by atoms with E-state index in [9.17, 15) is 4.79 Å². The van der Waals surface area contributed by atoms with Gasteiger partial charge in [0.25, 0.3) is 0 Å².